The molecule has 0 fully saturated rings. The van der Waals surface area contributed by atoms with Gasteiger partial charge in [-0.1, -0.05) is 30.3 Å². The third-order valence-electron chi connectivity index (χ3n) is 4.07. The fourth-order valence-corrected chi connectivity index (χ4v) is 2.73. The maximum Gasteiger partial charge on any atom is 0.226 e. The average Bonchev–Trinajstić information content (AvgIpc) is 3.20. The summed E-state index contributed by atoms with van der Waals surface area (Å²) in [6.45, 7) is 7.96. The minimum atomic E-state index is 0. The normalized spacial score (nSPS) is 11.1. The number of oxazole rings is 1. The Labute approximate surface area is 195 Å². The van der Waals surface area contributed by atoms with Crippen molar-refractivity contribution in [3.63, 3.8) is 0 Å². The number of nitrogens with zero attached hydrogens (tertiary/aromatic N) is 2. The summed E-state index contributed by atoms with van der Waals surface area (Å²) in [7, 11) is 0. The van der Waals surface area contributed by atoms with Gasteiger partial charge in [-0.05, 0) is 50.6 Å². The summed E-state index contributed by atoms with van der Waals surface area (Å²) < 4.78 is 11.3. The number of benzene rings is 2. The van der Waals surface area contributed by atoms with Crippen molar-refractivity contribution >= 4 is 29.9 Å². The topological polar surface area (TPSA) is 71.7 Å². The number of ether oxygens (including phenoxy) is 1. The second-order valence-corrected chi connectivity index (χ2v) is 6.87. The van der Waals surface area contributed by atoms with Gasteiger partial charge in [0.2, 0.25) is 5.89 Å². The molecule has 0 atom stereocenters. The van der Waals surface area contributed by atoms with E-state index in [-0.39, 0.29) is 30.1 Å². The number of halogens is 1. The third kappa shape index (κ3) is 7.37. The zero-order valence-electron chi connectivity index (χ0n) is 17.6. The highest BCUT2D eigenvalue weighted by atomic mass is 127. The van der Waals surface area contributed by atoms with Crippen molar-refractivity contribution in [2.75, 3.05) is 6.54 Å². The molecule has 1 aromatic heterocycles. The fourth-order valence-electron chi connectivity index (χ4n) is 2.73. The molecule has 1 heterocycles. The lowest BCUT2D eigenvalue weighted by molar-refractivity contribution is 0.242. The van der Waals surface area contributed by atoms with E-state index in [2.05, 4.69) is 20.6 Å². The van der Waals surface area contributed by atoms with Gasteiger partial charge in [0, 0.05) is 12.1 Å². The number of hydrogen-bond acceptors (Lipinski definition) is 4. The van der Waals surface area contributed by atoms with Gasteiger partial charge in [-0.2, -0.15) is 0 Å². The third-order valence-corrected chi connectivity index (χ3v) is 4.07. The van der Waals surface area contributed by atoms with E-state index in [0.29, 0.717) is 19.0 Å². The van der Waals surface area contributed by atoms with Crippen molar-refractivity contribution < 1.29 is 9.15 Å². The predicted molar refractivity (Wildman–Crippen MR) is 131 cm³/mol. The van der Waals surface area contributed by atoms with Crippen LogP contribution in [0.15, 0.2) is 70.3 Å². The molecule has 0 unspecified atom stereocenters. The van der Waals surface area contributed by atoms with Crippen LogP contribution in [0.2, 0.25) is 0 Å². The van der Waals surface area contributed by atoms with Gasteiger partial charge in [-0.25, -0.2) is 9.98 Å². The summed E-state index contributed by atoms with van der Waals surface area (Å²) in [4.78, 5) is 9.19. The Balaban J connectivity index is 0.00000320. The van der Waals surface area contributed by atoms with E-state index in [9.17, 15) is 0 Å². The maximum absolute atomic E-state index is 5.68. The highest BCUT2D eigenvalue weighted by Gasteiger charge is 2.07. The van der Waals surface area contributed by atoms with Crippen molar-refractivity contribution in [3.05, 3.63) is 72.1 Å². The molecule has 30 heavy (non-hydrogen) atoms. The Morgan fingerprint density at radius 3 is 2.47 bits per heavy atom. The summed E-state index contributed by atoms with van der Waals surface area (Å²) in [6.07, 6.45) is 1.84. The minimum absolute atomic E-state index is 0. The molecule has 0 bridgehead atoms. The Morgan fingerprint density at radius 2 is 1.80 bits per heavy atom. The van der Waals surface area contributed by atoms with Crippen LogP contribution < -0.4 is 15.4 Å². The lowest BCUT2D eigenvalue weighted by Crippen LogP contribution is -2.36. The molecule has 3 aromatic rings. The van der Waals surface area contributed by atoms with Gasteiger partial charge >= 0.3 is 0 Å². The van der Waals surface area contributed by atoms with Crippen LogP contribution in [0.1, 0.15) is 32.0 Å². The van der Waals surface area contributed by atoms with Crippen molar-refractivity contribution in [2.24, 2.45) is 4.99 Å². The van der Waals surface area contributed by atoms with Gasteiger partial charge in [0.05, 0.1) is 24.9 Å². The number of nitrogens with one attached hydrogen (secondary N) is 2. The number of rotatable bonds is 8. The Hall–Kier alpha value is -2.55. The van der Waals surface area contributed by atoms with E-state index in [1.54, 1.807) is 6.26 Å². The summed E-state index contributed by atoms with van der Waals surface area (Å²) in [5.74, 6) is 2.23. The van der Waals surface area contributed by atoms with Gasteiger partial charge in [-0.15, -0.1) is 24.0 Å². The van der Waals surface area contributed by atoms with Gasteiger partial charge in [-0.3, -0.25) is 0 Å². The molecule has 0 spiro atoms. The summed E-state index contributed by atoms with van der Waals surface area (Å²) in [5, 5.41) is 6.56. The van der Waals surface area contributed by atoms with Crippen molar-refractivity contribution in [3.8, 4) is 17.2 Å². The zero-order valence-corrected chi connectivity index (χ0v) is 19.9. The second-order valence-electron chi connectivity index (χ2n) is 6.87. The molecule has 2 N–H and O–H groups in total. The smallest absolute Gasteiger partial charge is 0.226 e. The minimum Gasteiger partial charge on any atom is -0.491 e. The zero-order chi connectivity index (χ0) is 20.5. The molecule has 0 saturated heterocycles. The first-order chi connectivity index (χ1) is 14.1. The molecule has 160 valence electrons. The van der Waals surface area contributed by atoms with Crippen molar-refractivity contribution in [1.82, 2.24) is 15.6 Å². The molecule has 0 aliphatic carbocycles. The lowest BCUT2D eigenvalue weighted by atomic mass is 10.2. The molecule has 0 saturated carbocycles. The van der Waals surface area contributed by atoms with Crippen LogP contribution in [0.4, 0.5) is 0 Å². The largest absolute Gasteiger partial charge is 0.491 e. The van der Waals surface area contributed by atoms with E-state index in [1.807, 2.05) is 75.4 Å². The summed E-state index contributed by atoms with van der Waals surface area (Å²) in [5.41, 5.74) is 2.90. The Bertz CT molecular complexity index is 908. The van der Waals surface area contributed by atoms with Crippen molar-refractivity contribution in [2.45, 2.75) is 40.0 Å². The second kappa shape index (κ2) is 12.2. The highest BCUT2D eigenvalue weighted by molar-refractivity contribution is 14.0. The first-order valence-electron chi connectivity index (χ1n) is 9.91. The fraction of sp³-hybridized carbons (Fsp3) is 0.304. The molecule has 0 aliphatic rings. The quantitative estimate of drug-likeness (QED) is 0.249. The Morgan fingerprint density at radius 1 is 1.07 bits per heavy atom. The first kappa shape index (κ1) is 23.7. The molecule has 3 rings (SSSR count). The van der Waals surface area contributed by atoms with Crippen molar-refractivity contribution in [1.29, 1.82) is 0 Å². The number of aromatic nitrogens is 1. The van der Waals surface area contributed by atoms with E-state index in [1.165, 1.54) is 0 Å². The van der Waals surface area contributed by atoms with Crippen LogP contribution in [0.3, 0.4) is 0 Å². The average molecular weight is 520 g/mol. The molecular formula is C23H29IN4O2. The molecule has 0 amide bonds. The van der Waals surface area contributed by atoms with Gasteiger partial charge in [0.15, 0.2) is 5.96 Å². The van der Waals surface area contributed by atoms with Gasteiger partial charge in [0.1, 0.15) is 12.0 Å². The van der Waals surface area contributed by atoms with Crippen LogP contribution >= 0.6 is 24.0 Å². The predicted octanol–water partition coefficient (Wildman–Crippen LogP) is 5.00. The maximum atomic E-state index is 5.68. The molecule has 7 heteroatoms. The summed E-state index contributed by atoms with van der Waals surface area (Å²) >= 11 is 0. The van der Waals surface area contributed by atoms with Crippen LogP contribution in [0, 0.1) is 0 Å². The van der Waals surface area contributed by atoms with E-state index < -0.39 is 0 Å². The molecule has 2 aromatic carbocycles. The molecule has 0 aliphatic heterocycles. The van der Waals surface area contributed by atoms with Crippen LogP contribution in [0.25, 0.3) is 11.5 Å². The van der Waals surface area contributed by atoms with E-state index >= 15 is 0 Å². The standard InChI is InChI=1S/C23H28N4O2.HI/c1-4-24-23(25-14-18-10-12-21(13-11-18)29-17(2)3)26-15-20-16-28-22(27-20)19-8-6-5-7-9-19;/h5-13,16-17H,4,14-15H2,1-3H3,(H2,24,25,26);1H. The van der Waals surface area contributed by atoms with Gasteiger partial charge < -0.3 is 19.8 Å². The van der Waals surface area contributed by atoms with E-state index in [4.69, 9.17) is 9.15 Å². The first-order valence-corrected chi connectivity index (χ1v) is 9.91. The van der Waals surface area contributed by atoms with Crippen LogP contribution in [0.5, 0.6) is 5.75 Å². The van der Waals surface area contributed by atoms with Crippen LogP contribution in [-0.4, -0.2) is 23.6 Å². The number of guanidine groups is 1. The molecule has 0 radical (unpaired) electrons. The molecular weight excluding hydrogens is 491 g/mol. The number of aliphatic imine (C=N–C) groups is 1. The highest BCUT2D eigenvalue weighted by Crippen LogP contribution is 2.18. The summed E-state index contributed by atoms with van der Waals surface area (Å²) in [6, 6.07) is 17.9. The SMILES string of the molecule is CCNC(=NCc1ccc(OC(C)C)cc1)NCc1coc(-c2ccccc2)n1.I. The Kier molecular flexibility index (Phi) is 9.66. The lowest BCUT2D eigenvalue weighted by Gasteiger charge is -2.11. The van der Waals surface area contributed by atoms with E-state index in [0.717, 1.165) is 35.1 Å². The molecule has 6 nitrogen and oxygen atoms in total. The van der Waals surface area contributed by atoms with Gasteiger partial charge in [0.25, 0.3) is 0 Å². The monoisotopic (exact) mass is 520 g/mol. The number of hydrogen-bond donors (Lipinski definition) is 2. The van der Waals surface area contributed by atoms with Crippen LogP contribution in [-0.2, 0) is 13.1 Å².